The summed E-state index contributed by atoms with van der Waals surface area (Å²) >= 11 is 0. The Morgan fingerprint density at radius 1 is 1.29 bits per heavy atom. The molecule has 0 saturated heterocycles. The van der Waals surface area contributed by atoms with Gasteiger partial charge in [0.1, 0.15) is 16.5 Å². The molecular weight excluding hydrogens is 248 g/mol. The summed E-state index contributed by atoms with van der Waals surface area (Å²) in [6.45, 7) is 3.25. The molecule has 0 aliphatic rings. The second-order valence-corrected chi connectivity index (χ2v) is 6.26. The molecule has 0 bridgehead atoms. The number of rotatable bonds is 4. The molecule has 1 aromatic carbocycles. The van der Waals surface area contributed by atoms with Gasteiger partial charge in [0.15, 0.2) is 9.84 Å². The van der Waals surface area contributed by atoms with Gasteiger partial charge < -0.3 is 5.73 Å². The third kappa shape index (κ3) is 2.74. The summed E-state index contributed by atoms with van der Waals surface area (Å²) in [5.41, 5.74) is 5.09. The third-order valence-electron chi connectivity index (χ3n) is 2.53. The second-order valence-electron chi connectivity index (χ2n) is 3.96. The highest BCUT2D eigenvalue weighted by Crippen LogP contribution is 2.26. The molecule has 96 valence electrons. The summed E-state index contributed by atoms with van der Waals surface area (Å²) in [5.74, 6) is -2.27. The van der Waals surface area contributed by atoms with Crippen molar-refractivity contribution in [2.75, 3.05) is 5.73 Å². The molecular formula is C11H15F2NO2S. The lowest BCUT2D eigenvalue weighted by molar-refractivity contribution is 0.513. The van der Waals surface area contributed by atoms with Crippen LogP contribution in [0.5, 0.6) is 0 Å². The van der Waals surface area contributed by atoms with Crippen molar-refractivity contribution in [2.45, 2.75) is 36.8 Å². The predicted molar refractivity (Wildman–Crippen MR) is 62.3 cm³/mol. The highest BCUT2D eigenvalue weighted by atomic mass is 32.2. The minimum absolute atomic E-state index is 0.137. The van der Waals surface area contributed by atoms with E-state index < -0.39 is 31.6 Å². The number of hydrogen-bond donors (Lipinski definition) is 1. The lowest BCUT2D eigenvalue weighted by Crippen LogP contribution is -2.20. The van der Waals surface area contributed by atoms with Crippen LogP contribution in [0.3, 0.4) is 0 Å². The van der Waals surface area contributed by atoms with Crippen LogP contribution in [0.4, 0.5) is 14.5 Å². The van der Waals surface area contributed by atoms with Gasteiger partial charge in [0, 0.05) is 5.69 Å². The van der Waals surface area contributed by atoms with Gasteiger partial charge in [0.05, 0.1) is 5.25 Å². The van der Waals surface area contributed by atoms with Crippen LogP contribution in [0.1, 0.15) is 26.7 Å². The zero-order valence-corrected chi connectivity index (χ0v) is 10.5. The van der Waals surface area contributed by atoms with Crippen LogP contribution in [0.25, 0.3) is 0 Å². The number of benzene rings is 1. The molecule has 3 nitrogen and oxygen atoms in total. The van der Waals surface area contributed by atoms with Crippen LogP contribution < -0.4 is 5.73 Å². The Bertz CT molecular complexity index is 491. The van der Waals surface area contributed by atoms with Gasteiger partial charge in [0.2, 0.25) is 0 Å². The SMILES string of the molecule is CCCC(C)S(=O)(=O)c1c(F)cc(N)cc1F. The molecule has 1 unspecified atom stereocenters. The topological polar surface area (TPSA) is 60.2 Å². The van der Waals surface area contributed by atoms with E-state index in [0.29, 0.717) is 12.8 Å². The molecule has 0 heterocycles. The molecule has 1 atom stereocenters. The Morgan fingerprint density at radius 2 is 1.76 bits per heavy atom. The Hall–Kier alpha value is -1.17. The van der Waals surface area contributed by atoms with Crippen molar-refractivity contribution in [3.8, 4) is 0 Å². The smallest absolute Gasteiger partial charge is 0.186 e. The maximum Gasteiger partial charge on any atom is 0.186 e. The average molecular weight is 263 g/mol. The van der Waals surface area contributed by atoms with Crippen LogP contribution in [-0.4, -0.2) is 13.7 Å². The fourth-order valence-corrected chi connectivity index (χ4v) is 3.22. The number of nitrogens with two attached hydrogens (primary N) is 1. The van der Waals surface area contributed by atoms with Crippen LogP contribution in [0.15, 0.2) is 17.0 Å². The molecule has 0 radical (unpaired) electrons. The first kappa shape index (κ1) is 13.9. The maximum absolute atomic E-state index is 13.5. The average Bonchev–Trinajstić information content (AvgIpc) is 2.15. The standard InChI is InChI=1S/C11H15F2NO2S/c1-3-4-7(2)17(15,16)11-9(12)5-8(14)6-10(11)13/h5-7H,3-4,14H2,1-2H3. The summed E-state index contributed by atoms with van der Waals surface area (Å²) in [7, 11) is -3.98. The predicted octanol–water partition coefficient (Wildman–Crippen LogP) is 2.51. The minimum atomic E-state index is -3.98. The van der Waals surface area contributed by atoms with E-state index in [1.807, 2.05) is 6.92 Å². The van der Waals surface area contributed by atoms with E-state index >= 15 is 0 Å². The van der Waals surface area contributed by atoms with Crippen molar-refractivity contribution < 1.29 is 17.2 Å². The van der Waals surface area contributed by atoms with E-state index in [4.69, 9.17) is 5.73 Å². The molecule has 0 saturated carbocycles. The summed E-state index contributed by atoms with van der Waals surface area (Å²) < 4.78 is 50.9. The lowest BCUT2D eigenvalue weighted by Gasteiger charge is -2.13. The summed E-state index contributed by atoms with van der Waals surface area (Å²) in [4.78, 5) is -0.882. The largest absolute Gasteiger partial charge is 0.399 e. The van der Waals surface area contributed by atoms with Crippen molar-refractivity contribution in [3.63, 3.8) is 0 Å². The van der Waals surface area contributed by atoms with Gasteiger partial charge in [-0.15, -0.1) is 0 Å². The van der Waals surface area contributed by atoms with Gasteiger partial charge in [-0.2, -0.15) is 0 Å². The van der Waals surface area contributed by atoms with E-state index in [2.05, 4.69) is 0 Å². The highest BCUT2D eigenvalue weighted by molar-refractivity contribution is 7.92. The van der Waals surface area contributed by atoms with Crippen LogP contribution in [-0.2, 0) is 9.84 Å². The molecule has 6 heteroatoms. The van der Waals surface area contributed by atoms with E-state index in [1.54, 1.807) is 0 Å². The molecule has 0 spiro atoms. The Labute approximate surface area is 99.6 Å². The van der Waals surface area contributed by atoms with E-state index in [-0.39, 0.29) is 5.69 Å². The summed E-state index contributed by atoms with van der Waals surface area (Å²) in [6, 6.07) is 1.63. The zero-order chi connectivity index (χ0) is 13.2. The molecule has 17 heavy (non-hydrogen) atoms. The Morgan fingerprint density at radius 3 is 2.18 bits per heavy atom. The molecule has 0 fully saturated rings. The quantitative estimate of drug-likeness (QED) is 0.849. The van der Waals surface area contributed by atoms with Crippen molar-refractivity contribution in [1.82, 2.24) is 0 Å². The first-order valence-corrected chi connectivity index (χ1v) is 6.83. The summed E-state index contributed by atoms with van der Waals surface area (Å²) in [6.07, 6.45) is 0.976. The van der Waals surface area contributed by atoms with Gasteiger partial charge in [-0.1, -0.05) is 13.3 Å². The van der Waals surface area contributed by atoms with Crippen LogP contribution in [0.2, 0.25) is 0 Å². The summed E-state index contributed by atoms with van der Waals surface area (Å²) in [5, 5.41) is -0.819. The number of anilines is 1. The van der Waals surface area contributed by atoms with Crippen molar-refractivity contribution >= 4 is 15.5 Å². The number of nitrogen functional groups attached to an aromatic ring is 1. The van der Waals surface area contributed by atoms with Gasteiger partial charge in [-0.05, 0) is 25.5 Å². The van der Waals surface area contributed by atoms with Gasteiger partial charge in [0.25, 0.3) is 0 Å². The number of sulfone groups is 1. The lowest BCUT2D eigenvalue weighted by atomic mass is 10.3. The van der Waals surface area contributed by atoms with Gasteiger partial charge in [-0.3, -0.25) is 0 Å². The van der Waals surface area contributed by atoms with E-state index in [9.17, 15) is 17.2 Å². The second kappa shape index (κ2) is 5.00. The molecule has 0 aromatic heterocycles. The third-order valence-corrected chi connectivity index (χ3v) is 4.78. The number of halogens is 2. The zero-order valence-electron chi connectivity index (χ0n) is 9.70. The molecule has 1 aromatic rings. The van der Waals surface area contributed by atoms with Gasteiger partial charge >= 0.3 is 0 Å². The maximum atomic E-state index is 13.5. The van der Waals surface area contributed by atoms with E-state index in [0.717, 1.165) is 12.1 Å². The fourth-order valence-electron chi connectivity index (χ4n) is 1.61. The molecule has 0 amide bonds. The molecule has 2 N–H and O–H groups in total. The van der Waals surface area contributed by atoms with Gasteiger partial charge in [-0.25, -0.2) is 17.2 Å². The fraction of sp³-hybridized carbons (Fsp3) is 0.455. The molecule has 0 aliphatic carbocycles. The highest BCUT2D eigenvalue weighted by Gasteiger charge is 2.29. The first-order chi connectivity index (χ1) is 7.80. The van der Waals surface area contributed by atoms with Crippen molar-refractivity contribution in [1.29, 1.82) is 0 Å². The van der Waals surface area contributed by atoms with E-state index in [1.165, 1.54) is 6.92 Å². The first-order valence-electron chi connectivity index (χ1n) is 5.29. The van der Waals surface area contributed by atoms with Crippen molar-refractivity contribution in [3.05, 3.63) is 23.8 Å². The Balaban J connectivity index is 3.34. The normalized spacial score (nSPS) is 13.6. The van der Waals surface area contributed by atoms with Crippen LogP contribution in [0, 0.1) is 11.6 Å². The molecule has 0 aliphatic heterocycles. The molecule has 1 rings (SSSR count). The minimum Gasteiger partial charge on any atom is -0.399 e. The monoisotopic (exact) mass is 263 g/mol. The van der Waals surface area contributed by atoms with Crippen LogP contribution >= 0.6 is 0 Å². The van der Waals surface area contributed by atoms with Crippen molar-refractivity contribution in [2.24, 2.45) is 0 Å². The Kier molecular flexibility index (Phi) is 4.08. The number of hydrogen-bond acceptors (Lipinski definition) is 3.